The van der Waals surface area contributed by atoms with Gasteiger partial charge in [-0.05, 0) is 54.9 Å². The third-order valence-electron chi connectivity index (χ3n) is 7.65. The van der Waals surface area contributed by atoms with E-state index in [1.807, 2.05) is 30.3 Å². The molecular formula is C33H44N4O. The van der Waals surface area contributed by atoms with Gasteiger partial charge in [-0.3, -0.25) is 9.69 Å². The second-order valence-electron chi connectivity index (χ2n) is 10.7. The first-order chi connectivity index (χ1) is 18.6. The topological polar surface area (TPSA) is 49.3 Å². The van der Waals surface area contributed by atoms with Crippen molar-refractivity contribution in [2.45, 2.75) is 78.2 Å². The van der Waals surface area contributed by atoms with Crippen LogP contribution >= 0.6 is 0 Å². The Kier molecular flexibility index (Phi) is 10.5. The van der Waals surface area contributed by atoms with Crippen LogP contribution in [0.1, 0.15) is 69.7 Å². The van der Waals surface area contributed by atoms with Crippen molar-refractivity contribution in [3.8, 4) is 11.1 Å². The minimum absolute atomic E-state index is 0.201. The first-order valence-corrected chi connectivity index (χ1v) is 14.5. The second-order valence-corrected chi connectivity index (χ2v) is 10.7. The van der Waals surface area contributed by atoms with E-state index in [0.717, 1.165) is 49.9 Å². The molecule has 202 valence electrons. The molecule has 0 radical (unpaired) electrons. The number of benzene rings is 2. The first-order valence-electron chi connectivity index (χ1n) is 14.5. The molecule has 5 nitrogen and oxygen atoms in total. The maximum Gasteiger partial charge on any atom is 0.225 e. The molecule has 2 aromatic carbocycles. The Morgan fingerprint density at radius 2 is 1.53 bits per heavy atom. The van der Waals surface area contributed by atoms with E-state index >= 15 is 0 Å². The van der Waals surface area contributed by atoms with Crippen LogP contribution in [0.25, 0.3) is 11.1 Å². The van der Waals surface area contributed by atoms with Crippen LogP contribution in [-0.2, 0) is 24.1 Å². The highest BCUT2D eigenvalue weighted by atomic mass is 16.1. The van der Waals surface area contributed by atoms with E-state index in [2.05, 4.69) is 59.1 Å². The number of piperazine rings is 1. The molecule has 2 fully saturated rings. The summed E-state index contributed by atoms with van der Waals surface area (Å²) in [5.41, 5.74) is 6.09. The van der Waals surface area contributed by atoms with E-state index in [1.165, 1.54) is 61.2 Å². The first kappa shape index (κ1) is 28.0. The summed E-state index contributed by atoms with van der Waals surface area (Å²) >= 11 is 0. The summed E-state index contributed by atoms with van der Waals surface area (Å²) < 4.78 is 0. The van der Waals surface area contributed by atoms with Gasteiger partial charge in [-0.2, -0.15) is 0 Å². The minimum atomic E-state index is 0.201. The largest absolute Gasteiger partial charge is 0.338 e. The van der Waals surface area contributed by atoms with Crippen LogP contribution in [0.4, 0.5) is 5.95 Å². The predicted octanol–water partition coefficient (Wildman–Crippen LogP) is 6.54. The average Bonchev–Trinajstić information content (AvgIpc) is 2.90. The van der Waals surface area contributed by atoms with Crippen molar-refractivity contribution in [1.82, 2.24) is 14.9 Å². The number of hydrogen-bond acceptors (Lipinski definition) is 5. The van der Waals surface area contributed by atoms with Crippen LogP contribution in [0.3, 0.4) is 0 Å². The number of hydrogen-bond donors (Lipinski definition) is 0. The number of carbonyl (C=O) groups excluding carboxylic acids is 1. The van der Waals surface area contributed by atoms with Crippen molar-refractivity contribution >= 4 is 11.7 Å². The molecule has 0 bridgehead atoms. The van der Waals surface area contributed by atoms with Gasteiger partial charge in [0.15, 0.2) is 0 Å². The van der Waals surface area contributed by atoms with E-state index in [4.69, 9.17) is 4.98 Å². The normalized spacial score (nSPS) is 15.9. The van der Waals surface area contributed by atoms with Crippen molar-refractivity contribution in [1.29, 1.82) is 0 Å². The van der Waals surface area contributed by atoms with Gasteiger partial charge in [0.2, 0.25) is 5.95 Å². The molecule has 0 atom stereocenters. The lowest BCUT2D eigenvalue weighted by Crippen LogP contribution is -2.52. The Bertz CT molecular complexity index is 1130. The summed E-state index contributed by atoms with van der Waals surface area (Å²) in [6.45, 7) is 10.6. The molecule has 1 saturated carbocycles. The van der Waals surface area contributed by atoms with Crippen LogP contribution in [0, 0.1) is 0 Å². The lowest BCUT2D eigenvalue weighted by atomic mass is 9.91. The monoisotopic (exact) mass is 512 g/mol. The van der Waals surface area contributed by atoms with Gasteiger partial charge < -0.3 is 4.90 Å². The van der Waals surface area contributed by atoms with E-state index in [1.54, 1.807) is 6.92 Å². The molecule has 0 N–H and O–H groups in total. The highest BCUT2D eigenvalue weighted by molar-refractivity contribution is 5.78. The molecule has 3 aromatic rings. The molecule has 5 heteroatoms. The summed E-state index contributed by atoms with van der Waals surface area (Å²) in [7, 11) is 0. The van der Waals surface area contributed by atoms with Crippen molar-refractivity contribution in [2.24, 2.45) is 0 Å². The predicted molar refractivity (Wildman–Crippen MR) is 158 cm³/mol. The van der Waals surface area contributed by atoms with Gasteiger partial charge in [0.25, 0.3) is 0 Å². The fraction of sp³-hybridized carbons (Fsp3) is 0.485. The SMILES string of the molecule is CC(=O)Cc1ccc(-c2ccccc2)cc1.CCCc1cnc(N2CCN(C3CCC3)CC2)nc1CCC. The summed E-state index contributed by atoms with van der Waals surface area (Å²) in [5, 5.41) is 0. The number of ketones is 1. The maximum atomic E-state index is 11.0. The fourth-order valence-corrected chi connectivity index (χ4v) is 5.29. The zero-order chi connectivity index (χ0) is 26.7. The second kappa shape index (κ2) is 14.2. The molecule has 0 spiro atoms. The standard InChI is InChI=1S/C18H30N4.C15H14O/c1-3-6-15-14-19-18(20-17(15)7-4-2)22-12-10-21(11-13-22)16-8-5-9-16;1-12(16)11-13-7-9-15(10-8-13)14-5-3-2-4-6-14/h14,16H,3-13H2,1-2H3;2-10H,11H2,1H3. The van der Waals surface area contributed by atoms with Gasteiger partial charge in [-0.25, -0.2) is 9.97 Å². The van der Waals surface area contributed by atoms with Crippen LogP contribution < -0.4 is 4.90 Å². The lowest BCUT2D eigenvalue weighted by Gasteiger charge is -2.43. The Hall–Kier alpha value is -3.05. The molecule has 0 amide bonds. The molecule has 38 heavy (non-hydrogen) atoms. The Morgan fingerprint density at radius 3 is 2.11 bits per heavy atom. The van der Waals surface area contributed by atoms with E-state index < -0.39 is 0 Å². The molecule has 5 rings (SSSR count). The van der Waals surface area contributed by atoms with Gasteiger partial charge in [-0.1, -0.05) is 87.7 Å². The zero-order valence-electron chi connectivity index (χ0n) is 23.5. The van der Waals surface area contributed by atoms with Gasteiger partial charge in [0, 0.05) is 50.5 Å². The molecule has 2 aliphatic rings. The van der Waals surface area contributed by atoms with E-state index in [0.29, 0.717) is 6.42 Å². The third kappa shape index (κ3) is 7.73. The highest BCUT2D eigenvalue weighted by Gasteiger charge is 2.28. The van der Waals surface area contributed by atoms with Crippen LogP contribution in [-0.4, -0.2) is 52.9 Å². The zero-order valence-corrected chi connectivity index (χ0v) is 23.5. The van der Waals surface area contributed by atoms with Gasteiger partial charge >= 0.3 is 0 Å². The molecule has 1 aromatic heterocycles. The third-order valence-corrected chi connectivity index (χ3v) is 7.65. The van der Waals surface area contributed by atoms with Crippen LogP contribution in [0.2, 0.25) is 0 Å². The molecule has 1 aliphatic heterocycles. The average molecular weight is 513 g/mol. The smallest absolute Gasteiger partial charge is 0.225 e. The van der Waals surface area contributed by atoms with Crippen molar-refractivity contribution in [2.75, 3.05) is 31.1 Å². The molecule has 1 aliphatic carbocycles. The number of Topliss-reactive ketones (excluding diaryl/α,β-unsaturated/α-hetero) is 1. The number of nitrogens with zero attached hydrogens (tertiary/aromatic N) is 4. The summed E-state index contributed by atoms with van der Waals surface area (Å²) in [5.74, 6) is 1.16. The summed E-state index contributed by atoms with van der Waals surface area (Å²) in [6, 6.07) is 19.3. The molecule has 0 unspecified atom stereocenters. The van der Waals surface area contributed by atoms with Crippen LogP contribution in [0.5, 0.6) is 0 Å². The number of aromatic nitrogens is 2. The quantitative estimate of drug-likeness (QED) is 0.326. The highest BCUT2D eigenvalue weighted by Crippen LogP contribution is 2.26. The molecular weight excluding hydrogens is 468 g/mol. The van der Waals surface area contributed by atoms with Crippen molar-refractivity contribution < 1.29 is 4.79 Å². The molecule has 2 heterocycles. The lowest BCUT2D eigenvalue weighted by molar-refractivity contribution is -0.116. The summed E-state index contributed by atoms with van der Waals surface area (Å²) in [6.07, 6.45) is 11.3. The van der Waals surface area contributed by atoms with Gasteiger partial charge in [-0.15, -0.1) is 0 Å². The number of carbonyl (C=O) groups is 1. The van der Waals surface area contributed by atoms with Crippen LogP contribution in [0.15, 0.2) is 60.8 Å². The van der Waals surface area contributed by atoms with Gasteiger partial charge in [0.05, 0.1) is 0 Å². The minimum Gasteiger partial charge on any atom is -0.338 e. The fourth-order valence-electron chi connectivity index (χ4n) is 5.29. The Balaban J connectivity index is 0.000000186. The maximum absolute atomic E-state index is 11.0. The molecule has 1 saturated heterocycles. The van der Waals surface area contributed by atoms with Gasteiger partial charge in [0.1, 0.15) is 5.78 Å². The summed E-state index contributed by atoms with van der Waals surface area (Å²) in [4.78, 5) is 25.6. The van der Waals surface area contributed by atoms with Crippen molar-refractivity contribution in [3.63, 3.8) is 0 Å². The van der Waals surface area contributed by atoms with E-state index in [-0.39, 0.29) is 5.78 Å². The van der Waals surface area contributed by atoms with Crippen molar-refractivity contribution in [3.05, 3.63) is 77.6 Å². The Labute approximate surface area is 229 Å². The number of rotatable bonds is 9. The van der Waals surface area contributed by atoms with E-state index in [9.17, 15) is 4.79 Å². The number of aryl methyl sites for hydroxylation is 2. The number of anilines is 1. The Morgan fingerprint density at radius 1 is 0.868 bits per heavy atom.